The van der Waals surface area contributed by atoms with Gasteiger partial charge in [0, 0.05) is 19.9 Å². The fourth-order valence-electron chi connectivity index (χ4n) is 1.76. The number of hydrogen-bond donors (Lipinski definition) is 1. The largest absolute Gasteiger partial charge is 0.383 e. The molecule has 0 aliphatic heterocycles. The number of hydrogen-bond acceptors (Lipinski definition) is 4. The maximum Gasteiger partial charge on any atom is 0.183 e. The van der Waals surface area contributed by atoms with Gasteiger partial charge in [-0.1, -0.05) is 29.5 Å². The molecular weight excluding hydrogens is 244 g/mol. The summed E-state index contributed by atoms with van der Waals surface area (Å²) in [6, 6.07) is 6.38. The molecule has 1 N–H and O–H groups in total. The summed E-state index contributed by atoms with van der Waals surface area (Å²) in [5.74, 6) is 0. The van der Waals surface area contributed by atoms with Crippen LogP contribution in [0.2, 0.25) is 0 Å². The van der Waals surface area contributed by atoms with Crippen LogP contribution in [0.3, 0.4) is 0 Å². The number of thiazole rings is 1. The maximum atomic E-state index is 5.00. The number of ether oxygens (including phenoxy) is 1. The summed E-state index contributed by atoms with van der Waals surface area (Å²) in [4.78, 5) is 5.59. The van der Waals surface area contributed by atoms with E-state index in [1.807, 2.05) is 6.20 Å². The molecule has 1 heterocycles. The summed E-state index contributed by atoms with van der Waals surface area (Å²) in [5, 5.41) is 4.20. The highest BCUT2D eigenvalue weighted by molar-refractivity contribution is 7.18. The molecule has 2 rings (SSSR count). The number of aromatic nitrogens is 1. The van der Waals surface area contributed by atoms with Crippen molar-refractivity contribution in [2.75, 3.05) is 25.6 Å². The highest BCUT2D eigenvalue weighted by Gasteiger charge is 2.07. The molecule has 0 aliphatic rings. The zero-order chi connectivity index (χ0) is 13.0. The van der Waals surface area contributed by atoms with Gasteiger partial charge in [0.05, 0.1) is 11.5 Å². The first kappa shape index (κ1) is 13.1. The van der Waals surface area contributed by atoms with Crippen LogP contribution in [0.15, 0.2) is 24.4 Å². The average Bonchev–Trinajstić information content (AvgIpc) is 2.82. The van der Waals surface area contributed by atoms with Crippen LogP contribution in [0, 0.1) is 13.8 Å². The SMILES string of the molecule is COCCNc1ncc(-c2cccc(C)c2C)s1. The van der Waals surface area contributed by atoms with Gasteiger partial charge in [0.15, 0.2) is 5.13 Å². The van der Waals surface area contributed by atoms with Gasteiger partial charge in [0.1, 0.15) is 0 Å². The van der Waals surface area contributed by atoms with Crippen molar-refractivity contribution in [2.24, 2.45) is 0 Å². The van der Waals surface area contributed by atoms with Crippen molar-refractivity contribution in [3.05, 3.63) is 35.5 Å². The van der Waals surface area contributed by atoms with Gasteiger partial charge in [0.25, 0.3) is 0 Å². The lowest BCUT2D eigenvalue weighted by molar-refractivity contribution is 0.211. The van der Waals surface area contributed by atoms with E-state index in [0.29, 0.717) is 6.61 Å². The molecule has 0 fully saturated rings. The second-order valence-corrected chi connectivity index (χ2v) is 5.23. The molecule has 0 saturated carbocycles. The standard InChI is InChI=1S/C14H18N2OS/c1-10-5-4-6-12(11(10)2)13-9-16-14(18-13)15-7-8-17-3/h4-6,9H,7-8H2,1-3H3,(H,15,16). The molecule has 0 bridgehead atoms. The van der Waals surface area contributed by atoms with E-state index >= 15 is 0 Å². The fraction of sp³-hybridized carbons (Fsp3) is 0.357. The molecular formula is C14H18N2OS. The smallest absolute Gasteiger partial charge is 0.183 e. The molecule has 0 unspecified atom stereocenters. The third-order valence-corrected chi connectivity index (χ3v) is 3.95. The minimum atomic E-state index is 0.693. The van der Waals surface area contributed by atoms with Crippen LogP contribution in [-0.4, -0.2) is 25.2 Å². The molecule has 0 radical (unpaired) electrons. The van der Waals surface area contributed by atoms with Crippen LogP contribution in [-0.2, 0) is 4.74 Å². The molecule has 0 amide bonds. The van der Waals surface area contributed by atoms with Crippen LogP contribution < -0.4 is 5.32 Å². The molecule has 2 aromatic rings. The van der Waals surface area contributed by atoms with Gasteiger partial charge in [0.2, 0.25) is 0 Å². The lowest BCUT2D eigenvalue weighted by Gasteiger charge is -2.05. The molecule has 96 valence electrons. The second-order valence-electron chi connectivity index (χ2n) is 4.20. The van der Waals surface area contributed by atoms with Crippen molar-refractivity contribution in [1.29, 1.82) is 0 Å². The minimum Gasteiger partial charge on any atom is -0.383 e. The molecule has 3 nitrogen and oxygen atoms in total. The number of nitrogens with zero attached hydrogens (tertiary/aromatic N) is 1. The Kier molecular flexibility index (Phi) is 4.33. The number of aryl methyl sites for hydroxylation is 1. The van der Waals surface area contributed by atoms with E-state index in [0.717, 1.165) is 11.7 Å². The monoisotopic (exact) mass is 262 g/mol. The Balaban J connectivity index is 2.16. The van der Waals surface area contributed by atoms with Crippen molar-refractivity contribution in [3.63, 3.8) is 0 Å². The Morgan fingerprint density at radius 1 is 1.33 bits per heavy atom. The topological polar surface area (TPSA) is 34.1 Å². The van der Waals surface area contributed by atoms with Crippen LogP contribution in [0.1, 0.15) is 11.1 Å². The third kappa shape index (κ3) is 2.89. The van der Waals surface area contributed by atoms with Gasteiger partial charge < -0.3 is 10.1 Å². The van der Waals surface area contributed by atoms with Gasteiger partial charge in [-0.05, 0) is 30.5 Å². The molecule has 0 aliphatic carbocycles. The highest BCUT2D eigenvalue weighted by atomic mass is 32.1. The molecule has 18 heavy (non-hydrogen) atoms. The summed E-state index contributed by atoms with van der Waals surface area (Å²) in [6.45, 7) is 5.77. The quantitative estimate of drug-likeness (QED) is 0.838. The molecule has 0 saturated heterocycles. The van der Waals surface area contributed by atoms with Gasteiger partial charge in [-0.3, -0.25) is 0 Å². The Bertz CT molecular complexity index is 522. The van der Waals surface area contributed by atoms with Crippen molar-refractivity contribution in [1.82, 2.24) is 4.98 Å². The third-order valence-electron chi connectivity index (χ3n) is 2.96. The van der Waals surface area contributed by atoms with E-state index in [2.05, 4.69) is 42.3 Å². The van der Waals surface area contributed by atoms with Gasteiger partial charge in [-0.25, -0.2) is 4.98 Å². The summed E-state index contributed by atoms with van der Waals surface area (Å²) in [6.07, 6.45) is 1.93. The Morgan fingerprint density at radius 3 is 2.94 bits per heavy atom. The lowest BCUT2D eigenvalue weighted by Crippen LogP contribution is -2.06. The fourth-order valence-corrected chi connectivity index (χ4v) is 2.68. The summed E-state index contributed by atoms with van der Waals surface area (Å²) in [7, 11) is 1.70. The first-order chi connectivity index (χ1) is 8.72. The van der Waals surface area contributed by atoms with Crippen LogP contribution in [0.25, 0.3) is 10.4 Å². The zero-order valence-electron chi connectivity index (χ0n) is 11.0. The number of benzene rings is 1. The van der Waals surface area contributed by atoms with E-state index in [1.165, 1.54) is 21.6 Å². The second kappa shape index (κ2) is 5.98. The predicted octanol–water partition coefficient (Wildman–Crippen LogP) is 3.49. The molecule has 0 spiro atoms. The van der Waals surface area contributed by atoms with E-state index in [9.17, 15) is 0 Å². The molecule has 1 aromatic carbocycles. The highest BCUT2D eigenvalue weighted by Crippen LogP contribution is 2.32. The van der Waals surface area contributed by atoms with Crippen molar-refractivity contribution >= 4 is 16.5 Å². The number of anilines is 1. The lowest BCUT2D eigenvalue weighted by atomic mass is 10.0. The van der Waals surface area contributed by atoms with Gasteiger partial charge in [-0.2, -0.15) is 0 Å². The number of rotatable bonds is 5. The van der Waals surface area contributed by atoms with Crippen LogP contribution >= 0.6 is 11.3 Å². The van der Waals surface area contributed by atoms with Crippen LogP contribution in [0.4, 0.5) is 5.13 Å². The molecule has 1 aromatic heterocycles. The minimum absolute atomic E-state index is 0.693. The summed E-state index contributed by atoms with van der Waals surface area (Å²) >= 11 is 1.68. The number of nitrogens with one attached hydrogen (secondary N) is 1. The van der Waals surface area contributed by atoms with E-state index < -0.39 is 0 Å². The summed E-state index contributed by atoms with van der Waals surface area (Å²) < 4.78 is 5.00. The van der Waals surface area contributed by atoms with Gasteiger partial charge >= 0.3 is 0 Å². The maximum absolute atomic E-state index is 5.00. The zero-order valence-corrected chi connectivity index (χ0v) is 11.8. The summed E-state index contributed by atoms with van der Waals surface area (Å²) in [5.41, 5.74) is 3.91. The Hall–Kier alpha value is -1.39. The molecule has 0 atom stereocenters. The number of methoxy groups -OCH3 is 1. The van der Waals surface area contributed by atoms with Crippen molar-refractivity contribution in [2.45, 2.75) is 13.8 Å². The Morgan fingerprint density at radius 2 is 2.17 bits per heavy atom. The normalized spacial score (nSPS) is 10.6. The van der Waals surface area contributed by atoms with Crippen molar-refractivity contribution < 1.29 is 4.74 Å². The van der Waals surface area contributed by atoms with E-state index in [-0.39, 0.29) is 0 Å². The van der Waals surface area contributed by atoms with E-state index in [1.54, 1.807) is 18.4 Å². The predicted molar refractivity (Wildman–Crippen MR) is 77.4 cm³/mol. The van der Waals surface area contributed by atoms with E-state index in [4.69, 9.17) is 4.74 Å². The first-order valence-electron chi connectivity index (χ1n) is 5.97. The molecule has 4 heteroatoms. The van der Waals surface area contributed by atoms with Gasteiger partial charge in [-0.15, -0.1) is 0 Å². The average molecular weight is 262 g/mol. The van der Waals surface area contributed by atoms with Crippen molar-refractivity contribution in [3.8, 4) is 10.4 Å². The van der Waals surface area contributed by atoms with Crippen LogP contribution in [0.5, 0.6) is 0 Å². The Labute approximate surface area is 112 Å². The first-order valence-corrected chi connectivity index (χ1v) is 6.79.